The van der Waals surface area contributed by atoms with Crippen LogP contribution in [-0.4, -0.2) is 25.5 Å². The van der Waals surface area contributed by atoms with Gasteiger partial charge in [0.25, 0.3) is 0 Å². The standard InChI is InChI=1S/C20H21ClN2O3/c1-26-17-8-2-14(3-9-17)10-13-22-18(24)20(11-12-20)19(25)23-16-6-4-15(21)5-7-16/h2-9H,10-13H2,1H3,(H,22,24)(H,23,25). The summed E-state index contributed by atoms with van der Waals surface area (Å²) < 4.78 is 5.13. The van der Waals surface area contributed by atoms with Gasteiger partial charge in [-0.15, -0.1) is 0 Å². The fourth-order valence-electron chi connectivity index (χ4n) is 2.75. The highest BCUT2D eigenvalue weighted by atomic mass is 35.5. The van der Waals surface area contributed by atoms with E-state index >= 15 is 0 Å². The highest BCUT2D eigenvalue weighted by Crippen LogP contribution is 2.46. The Kier molecular flexibility index (Phi) is 5.47. The van der Waals surface area contributed by atoms with E-state index in [2.05, 4.69) is 10.6 Å². The maximum absolute atomic E-state index is 12.5. The average molecular weight is 373 g/mol. The van der Waals surface area contributed by atoms with E-state index in [1.807, 2.05) is 24.3 Å². The van der Waals surface area contributed by atoms with Crippen molar-refractivity contribution < 1.29 is 14.3 Å². The Bertz CT molecular complexity index is 784. The molecule has 2 aromatic carbocycles. The lowest BCUT2D eigenvalue weighted by molar-refractivity contribution is -0.134. The number of nitrogens with one attached hydrogen (secondary N) is 2. The van der Waals surface area contributed by atoms with Crippen LogP contribution in [-0.2, 0) is 16.0 Å². The van der Waals surface area contributed by atoms with Crippen molar-refractivity contribution in [1.82, 2.24) is 5.32 Å². The Labute approximate surface area is 157 Å². The molecule has 0 heterocycles. The third-order valence-electron chi connectivity index (χ3n) is 4.58. The first kappa shape index (κ1) is 18.3. The van der Waals surface area contributed by atoms with E-state index in [1.54, 1.807) is 31.4 Å². The van der Waals surface area contributed by atoms with Crippen LogP contribution in [0.25, 0.3) is 0 Å². The lowest BCUT2D eigenvalue weighted by Crippen LogP contribution is -2.40. The summed E-state index contributed by atoms with van der Waals surface area (Å²) in [5.74, 6) is 0.327. The number of rotatable bonds is 7. The minimum atomic E-state index is -0.945. The molecule has 1 fully saturated rings. The molecule has 0 radical (unpaired) electrons. The van der Waals surface area contributed by atoms with Gasteiger partial charge in [-0.3, -0.25) is 9.59 Å². The molecular formula is C20H21ClN2O3. The first-order chi connectivity index (χ1) is 12.5. The minimum absolute atomic E-state index is 0.211. The van der Waals surface area contributed by atoms with Crippen molar-refractivity contribution in [2.45, 2.75) is 19.3 Å². The number of anilines is 1. The van der Waals surface area contributed by atoms with Crippen molar-refractivity contribution >= 4 is 29.1 Å². The maximum atomic E-state index is 12.5. The zero-order chi connectivity index (χ0) is 18.6. The topological polar surface area (TPSA) is 67.4 Å². The molecule has 0 bridgehead atoms. The molecule has 5 nitrogen and oxygen atoms in total. The molecule has 0 atom stereocenters. The van der Waals surface area contributed by atoms with Gasteiger partial charge < -0.3 is 15.4 Å². The van der Waals surface area contributed by atoms with E-state index in [0.29, 0.717) is 36.5 Å². The zero-order valence-corrected chi connectivity index (χ0v) is 15.3. The molecule has 3 rings (SSSR count). The second kappa shape index (κ2) is 7.79. The molecule has 2 aromatic rings. The van der Waals surface area contributed by atoms with Gasteiger partial charge in [0.05, 0.1) is 7.11 Å². The van der Waals surface area contributed by atoms with E-state index in [1.165, 1.54) is 0 Å². The molecule has 6 heteroatoms. The van der Waals surface area contributed by atoms with Gasteiger partial charge in [0.1, 0.15) is 11.2 Å². The molecule has 136 valence electrons. The normalized spacial score (nSPS) is 14.4. The molecule has 1 aliphatic carbocycles. The van der Waals surface area contributed by atoms with Gasteiger partial charge in [0, 0.05) is 17.3 Å². The molecule has 2 amide bonds. The van der Waals surface area contributed by atoms with Crippen LogP contribution in [0.2, 0.25) is 5.02 Å². The van der Waals surface area contributed by atoms with Crippen LogP contribution in [0.1, 0.15) is 18.4 Å². The van der Waals surface area contributed by atoms with Crippen molar-refractivity contribution in [3.8, 4) is 5.75 Å². The summed E-state index contributed by atoms with van der Waals surface area (Å²) in [5.41, 5.74) is 0.790. The molecule has 0 spiro atoms. The van der Waals surface area contributed by atoms with Gasteiger partial charge in [-0.1, -0.05) is 23.7 Å². The molecule has 0 aliphatic heterocycles. The van der Waals surface area contributed by atoms with Crippen LogP contribution in [0, 0.1) is 5.41 Å². The Hall–Kier alpha value is -2.53. The number of benzene rings is 2. The molecule has 0 unspecified atom stereocenters. The van der Waals surface area contributed by atoms with E-state index in [0.717, 1.165) is 11.3 Å². The third kappa shape index (κ3) is 4.17. The maximum Gasteiger partial charge on any atom is 0.240 e. The number of carbonyl (C=O) groups excluding carboxylic acids is 2. The predicted octanol–water partition coefficient (Wildman–Crippen LogP) is 3.43. The Morgan fingerprint density at radius 2 is 1.69 bits per heavy atom. The molecular weight excluding hydrogens is 352 g/mol. The second-order valence-electron chi connectivity index (χ2n) is 6.40. The predicted molar refractivity (Wildman–Crippen MR) is 101 cm³/mol. The van der Waals surface area contributed by atoms with Crippen molar-refractivity contribution in [2.24, 2.45) is 5.41 Å². The number of halogens is 1. The number of methoxy groups -OCH3 is 1. The van der Waals surface area contributed by atoms with Gasteiger partial charge in [-0.2, -0.15) is 0 Å². The molecule has 0 saturated heterocycles. The Morgan fingerprint density at radius 1 is 1.04 bits per heavy atom. The number of hydrogen-bond acceptors (Lipinski definition) is 3. The smallest absolute Gasteiger partial charge is 0.240 e. The van der Waals surface area contributed by atoms with Crippen LogP contribution >= 0.6 is 11.6 Å². The largest absolute Gasteiger partial charge is 0.497 e. The quantitative estimate of drug-likeness (QED) is 0.732. The highest BCUT2D eigenvalue weighted by Gasteiger charge is 2.56. The summed E-state index contributed by atoms with van der Waals surface area (Å²) in [5, 5.41) is 6.29. The first-order valence-electron chi connectivity index (χ1n) is 8.52. The number of hydrogen-bond donors (Lipinski definition) is 2. The molecule has 1 saturated carbocycles. The van der Waals surface area contributed by atoms with Crippen LogP contribution in [0.5, 0.6) is 5.75 Å². The molecule has 0 aromatic heterocycles. The SMILES string of the molecule is COc1ccc(CCNC(=O)C2(C(=O)Nc3ccc(Cl)cc3)CC2)cc1. The molecule has 1 aliphatic rings. The summed E-state index contributed by atoms with van der Waals surface area (Å²) in [7, 11) is 1.62. The summed E-state index contributed by atoms with van der Waals surface area (Å²) in [6.07, 6.45) is 1.84. The van der Waals surface area contributed by atoms with Gasteiger partial charge in [-0.25, -0.2) is 0 Å². The van der Waals surface area contributed by atoms with E-state index < -0.39 is 5.41 Å². The Morgan fingerprint density at radius 3 is 2.27 bits per heavy atom. The fourth-order valence-corrected chi connectivity index (χ4v) is 2.87. The molecule has 26 heavy (non-hydrogen) atoms. The van der Waals surface area contributed by atoms with Crippen molar-refractivity contribution in [2.75, 3.05) is 19.0 Å². The summed E-state index contributed by atoms with van der Waals surface area (Å²) in [6, 6.07) is 14.5. The van der Waals surface area contributed by atoms with E-state index in [-0.39, 0.29) is 11.8 Å². The third-order valence-corrected chi connectivity index (χ3v) is 4.83. The number of amides is 2. The van der Waals surface area contributed by atoms with E-state index in [4.69, 9.17) is 16.3 Å². The molecule has 2 N–H and O–H groups in total. The average Bonchev–Trinajstić information content (AvgIpc) is 3.46. The summed E-state index contributed by atoms with van der Waals surface area (Å²) >= 11 is 5.84. The summed E-state index contributed by atoms with van der Waals surface area (Å²) in [6.45, 7) is 0.487. The fraction of sp³-hybridized carbons (Fsp3) is 0.300. The Balaban J connectivity index is 1.51. The second-order valence-corrected chi connectivity index (χ2v) is 6.83. The van der Waals surface area contributed by atoms with Gasteiger partial charge >= 0.3 is 0 Å². The van der Waals surface area contributed by atoms with Gasteiger partial charge in [0.15, 0.2) is 0 Å². The lowest BCUT2D eigenvalue weighted by atomic mass is 10.0. The minimum Gasteiger partial charge on any atom is -0.497 e. The monoisotopic (exact) mass is 372 g/mol. The zero-order valence-electron chi connectivity index (χ0n) is 14.5. The number of ether oxygens (including phenoxy) is 1. The number of carbonyl (C=O) groups is 2. The van der Waals surface area contributed by atoms with Crippen molar-refractivity contribution in [3.05, 3.63) is 59.1 Å². The van der Waals surface area contributed by atoms with Crippen LogP contribution in [0.4, 0.5) is 5.69 Å². The van der Waals surface area contributed by atoms with E-state index in [9.17, 15) is 9.59 Å². The van der Waals surface area contributed by atoms with Gasteiger partial charge in [0.2, 0.25) is 11.8 Å². The van der Waals surface area contributed by atoms with Crippen LogP contribution < -0.4 is 15.4 Å². The van der Waals surface area contributed by atoms with Crippen LogP contribution in [0.3, 0.4) is 0 Å². The van der Waals surface area contributed by atoms with Crippen molar-refractivity contribution in [1.29, 1.82) is 0 Å². The summed E-state index contributed by atoms with van der Waals surface area (Å²) in [4.78, 5) is 25.0. The first-order valence-corrected chi connectivity index (χ1v) is 8.89. The van der Waals surface area contributed by atoms with Gasteiger partial charge in [-0.05, 0) is 61.2 Å². The lowest BCUT2D eigenvalue weighted by Gasteiger charge is -2.15. The van der Waals surface area contributed by atoms with Crippen LogP contribution in [0.15, 0.2) is 48.5 Å². The van der Waals surface area contributed by atoms with Crippen molar-refractivity contribution in [3.63, 3.8) is 0 Å². The highest BCUT2D eigenvalue weighted by molar-refractivity contribution is 6.30.